The maximum absolute atomic E-state index is 2.48. The predicted octanol–water partition coefficient (Wildman–Crippen LogP) is 12.7. The van der Waals surface area contributed by atoms with Gasteiger partial charge in [-0.15, -0.1) is 0 Å². The highest BCUT2D eigenvalue weighted by Crippen LogP contribution is 2.58. The number of nitrogens with zero attached hydrogens (tertiary/aromatic N) is 1. The Hall–Kier alpha value is -5.92. The van der Waals surface area contributed by atoms with Crippen molar-refractivity contribution in [2.45, 2.75) is 24.7 Å². The fourth-order valence-corrected chi connectivity index (χ4v) is 8.13. The lowest BCUT2D eigenvalue weighted by atomic mass is 9.62. The molecule has 0 heterocycles. The van der Waals surface area contributed by atoms with Crippen LogP contribution >= 0.6 is 0 Å². The quantitative estimate of drug-likeness (QED) is 0.172. The second-order valence-electron chi connectivity index (χ2n) is 13.8. The summed E-state index contributed by atoms with van der Waals surface area (Å²) in [5, 5.41) is 0. The lowest BCUT2D eigenvalue weighted by molar-refractivity contribution is 0.607. The number of anilines is 3. The standard InChI is InChI=1S/C48H37N/c1-47(2)31-32-48(43-19-11-9-17-41(43)42-18-10-12-20-44(42)48)46-33-40(29-30-45(46)47)49(38-25-21-36(22-26-38)34-13-5-3-6-14-34)39-27-23-37(24-28-39)35-15-7-4-8-16-35/h3-33H,1-2H3. The fraction of sp³-hybridized carbons (Fsp3) is 0.0833. The minimum Gasteiger partial charge on any atom is -0.310 e. The molecule has 2 aliphatic rings. The Bertz CT molecular complexity index is 2200. The van der Waals surface area contributed by atoms with Gasteiger partial charge in [0.15, 0.2) is 0 Å². The van der Waals surface area contributed by atoms with Gasteiger partial charge >= 0.3 is 0 Å². The first-order valence-electron chi connectivity index (χ1n) is 17.2. The highest BCUT2D eigenvalue weighted by molar-refractivity contribution is 5.88. The summed E-state index contributed by atoms with van der Waals surface area (Å²) in [5.74, 6) is 0. The molecule has 0 aromatic heterocycles. The first kappa shape index (κ1) is 29.2. The molecule has 0 fully saturated rings. The van der Waals surface area contributed by atoms with Crippen LogP contribution in [-0.2, 0) is 10.8 Å². The maximum atomic E-state index is 2.48. The lowest BCUT2D eigenvalue weighted by Gasteiger charge is -2.41. The van der Waals surface area contributed by atoms with Crippen molar-refractivity contribution in [3.63, 3.8) is 0 Å². The van der Waals surface area contributed by atoms with Crippen LogP contribution in [0, 0.1) is 0 Å². The van der Waals surface area contributed by atoms with Crippen LogP contribution in [0.4, 0.5) is 17.1 Å². The van der Waals surface area contributed by atoms with Crippen molar-refractivity contribution in [3.8, 4) is 33.4 Å². The zero-order valence-electron chi connectivity index (χ0n) is 27.8. The van der Waals surface area contributed by atoms with Crippen molar-refractivity contribution < 1.29 is 0 Å². The van der Waals surface area contributed by atoms with Crippen LogP contribution in [0.25, 0.3) is 33.4 Å². The van der Waals surface area contributed by atoms with Gasteiger partial charge in [-0.1, -0.05) is 166 Å². The Kier molecular flexibility index (Phi) is 6.78. The van der Waals surface area contributed by atoms with Gasteiger partial charge in [-0.05, 0) is 92.0 Å². The molecule has 0 amide bonds. The minimum absolute atomic E-state index is 0.106. The van der Waals surface area contributed by atoms with Crippen LogP contribution < -0.4 is 4.90 Å². The molecule has 0 atom stereocenters. The molecule has 1 spiro atoms. The number of rotatable bonds is 5. The van der Waals surface area contributed by atoms with E-state index in [4.69, 9.17) is 0 Å². The molecular weight excluding hydrogens is 591 g/mol. The summed E-state index contributed by atoms with van der Waals surface area (Å²) in [6.07, 6.45) is 4.91. The van der Waals surface area contributed by atoms with Gasteiger partial charge in [-0.3, -0.25) is 0 Å². The second-order valence-corrected chi connectivity index (χ2v) is 13.8. The first-order chi connectivity index (χ1) is 24.0. The smallest absolute Gasteiger partial charge is 0.0648 e. The predicted molar refractivity (Wildman–Crippen MR) is 206 cm³/mol. The third-order valence-corrected chi connectivity index (χ3v) is 10.6. The molecule has 0 saturated carbocycles. The highest BCUT2D eigenvalue weighted by Gasteiger charge is 2.47. The molecule has 0 saturated heterocycles. The van der Waals surface area contributed by atoms with E-state index in [-0.39, 0.29) is 10.8 Å². The third kappa shape index (κ3) is 4.69. The van der Waals surface area contributed by atoms with E-state index in [1.165, 1.54) is 55.6 Å². The Morgan fingerprint density at radius 1 is 0.347 bits per heavy atom. The van der Waals surface area contributed by atoms with Gasteiger partial charge in [0.1, 0.15) is 0 Å². The molecule has 0 aliphatic heterocycles. The fourth-order valence-electron chi connectivity index (χ4n) is 8.13. The van der Waals surface area contributed by atoms with Crippen LogP contribution in [0.3, 0.4) is 0 Å². The van der Waals surface area contributed by atoms with E-state index in [0.29, 0.717) is 0 Å². The zero-order valence-corrected chi connectivity index (χ0v) is 27.8. The average Bonchev–Trinajstić information content (AvgIpc) is 3.45. The van der Waals surface area contributed by atoms with Gasteiger partial charge in [0, 0.05) is 22.5 Å². The Labute approximate surface area is 289 Å². The zero-order chi connectivity index (χ0) is 33.0. The molecule has 7 aromatic carbocycles. The lowest BCUT2D eigenvalue weighted by Crippen LogP contribution is -2.34. The minimum atomic E-state index is -0.367. The van der Waals surface area contributed by atoms with Crippen LogP contribution in [0.15, 0.2) is 188 Å². The molecule has 1 heteroatoms. The summed E-state index contributed by atoms with van der Waals surface area (Å²) >= 11 is 0. The van der Waals surface area contributed by atoms with Gasteiger partial charge in [-0.2, -0.15) is 0 Å². The molecule has 9 rings (SSSR count). The molecule has 0 unspecified atom stereocenters. The summed E-state index contributed by atoms with van der Waals surface area (Å²) in [6.45, 7) is 4.67. The van der Waals surface area contributed by atoms with Crippen LogP contribution in [0.2, 0.25) is 0 Å². The van der Waals surface area contributed by atoms with Crippen molar-refractivity contribution in [3.05, 3.63) is 210 Å². The summed E-state index contributed by atoms with van der Waals surface area (Å²) in [5.41, 5.74) is 15.8. The number of allylic oxidation sites excluding steroid dienone is 2. The normalized spacial score (nSPS) is 14.6. The van der Waals surface area contributed by atoms with Crippen LogP contribution in [-0.4, -0.2) is 0 Å². The van der Waals surface area contributed by atoms with E-state index in [2.05, 4.69) is 207 Å². The summed E-state index contributed by atoms with van der Waals surface area (Å²) in [6, 6.07) is 64.3. The van der Waals surface area contributed by atoms with Crippen molar-refractivity contribution >= 4 is 17.1 Å². The van der Waals surface area contributed by atoms with Crippen molar-refractivity contribution in [2.75, 3.05) is 4.90 Å². The van der Waals surface area contributed by atoms with Crippen molar-refractivity contribution in [1.29, 1.82) is 0 Å². The molecule has 2 aliphatic carbocycles. The monoisotopic (exact) mass is 627 g/mol. The largest absolute Gasteiger partial charge is 0.310 e. The third-order valence-electron chi connectivity index (χ3n) is 10.6. The second kappa shape index (κ2) is 11.4. The summed E-state index contributed by atoms with van der Waals surface area (Å²) < 4.78 is 0. The van der Waals surface area contributed by atoms with Crippen molar-refractivity contribution in [1.82, 2.24) is 0 Å². The van der Waals surface area contributed by atoms with Gasteiger partial charge in [0.05, 0.1) is 5.41 Å². The average molecular weight is 628 g/mol. The Balaban J connectivity index is 1.24. The molecule has 234 valence electrons. The summed E-state index contributed by atoms with van der Waals surface area (Å²) in [7, 11) is 0. The SMILES string of the molecule is CC1(C)C=CC2(c3ccccc3-c3ccccc32)c2cc(N(c3ccc(-c4ccccc4)cc3)c3ccc(-c4ccccc4)cc3)ccc21. The van der Waals surface area contributed by atoms with Gasteiger partial charge in [-0.25, -0.2) is 0 Å². The number of hydrogen-bond donors (Lipinski definition) is 0. The van der Waals surface area contributed by atoms with E-state index in [1.807, 2.05) is 0 Å². The van der Waals surface area contributed by atoms with E-state index < -0.39 is 0 Å². The first-order valence-corrected chi connectivity index (χ1v) is 17.2. The molecule has 0 bridgehead atoms. The van der Waals surface area contributed by atoms with Crippen LogP contribution in [0.1, 0.15) is 36.1 Å². The topological polar surface area (TPSA) is 3.24 Å². The Morgan fingerprint density at radius 2 is 0.776 bits per heavy atom. The Morgan fingerprint density at radius 3 is 1.29 bits per heavy atom. The summed E-state index contributed by atoms with van der Waals surface area (Å²) in [4.78, 5) is 2.41. The highest BCUT2D eigenvalue weighted by atomic mass is 15.1. The van der Waals surface area contributed by atoms with E-state index in [9.17, 15) is 0 Å². The number of benzene rings is 7. The molecule has 0 N–H and O–H groups in total. The molecule has 1 nitrogen and oxygen atoms in total. The van der Waals surface area contributed by atoms with E-state index >= 15 is 0 Å². The molecule has 0 radical (unpaired) electrons. The molecule has 7 aromatic rings. The van der Waals surface area contributed by atoms with Crippen LogP contribution in [0.5, 0.6) is 0 Å². The van der Waals surface area contributed by atoms with Crippen molar-refractivity contribution in [2.24, 2.45) is 0 Å². The number of fused-ring (bicyclic) bond motifs is 7. The maximum Gasteiger partial charge on any atom is 0.0648 e. The van der Waals surface area contributed by atoms with Gasteiger partial charge in [0.2, 0.25) is 0 Å². The van der Waals surface area contributed by atoms with E-state index in [1.54, 1.807) is 0 Å². The van der Waals surface area contributed by atoms with Gasteiger partial charge in [0.25, 0.3) is 0 Å². The van der Waals surface area contributed by atoms with Gasteiger partial charge < -0.3 is 4.90 Å². The molecule has 49 heavy (non-hydrogen) atoms. The number of hydrogen-bond acceptors (Lipinski definition) is 1. The molecular formula is C48H37N. The van der Waals surface area contributed by atoms with E-state index in [0.717, 1.165) is 17.1 Å².